The first-order valence-electron chi connectivity index (χ1n) is 11.2. The SMILES string of the molecule is CCOC(=O)C1=C(CN2CCO[C@H](CCCC3(C(=O)O)CC3)C2)NC(c2nccs2)=NC1. The number of nitrogens with one attached hydrogen (secondary N) is 1. The van der Waals surface area contributed by atoms with Gasteiger partial charge in [0.15, 0.2) is 10.8 Å². The van der Waals surface area contributed by atoms with Crippen molar-refractivity contribution in [2.45, 2.75) is 45.1 Å². The summed E-state index contributed by atoms with van der Waals surface area (Å²) >= 11 is 1.50. The van der Waals surface area contributed by atoms with E-state index in [0.717, 1.165) is 55.9 Å². The Hall–Kier alpha value is -2.30. The van der Waals surface area contributed by atoms with E-state index in [1.165, 1.54) is 11.3 Å². The van der Waals surface area contributed by atoms with Crippen LogP contribution in [0, 0.1) is 5.41 Å². The summed E-state index contributed by atoms with van der Waals surface area (Å²) in [6.07, 6.45) is 5.79. The van der Waals surface area contributed by atoms with E-state index < -0.39 is 11.4 Å². The van der Waals surface area contributed by atoms with Crippen LogP contribution in [-0.2, 0) is 19.1 Å². The normalized spacial score (nSPS) is 22.8. The molecule has 174 valence electrons. The average Bonchev–Trinajstić information content (AvgIpc) is 3.37. The lowest BCUT2D eigenvalue weighted by Gasteiger charge is -2.34. The standard InChI is InChI=1S/C22H30N4O5S/c1-2-30-20(27)16-12-24-18(19-23-8-11-32-19)25-17(16)14-26-9-10-31-15(13-26)4-3-5-22(6-7-22)21(28)29/h8,11,15H,2-7,9-10,12-14H2,1H3,(H,24,25)(H,28,29)/t15-/m1/s1. The molecule has 3 aliphatic rings. The van der Waals surface area contributed by atoms with E-state index in [9.17, 15) is 14.7 Å². The Labute approximate surface area is 191 Å². The number of aromatic nitrogens is 1. The molecule has 4 rings (SSSR count). The largest absolute Gasteiger partial charge is 0.481 e. The third kappa shape index (κ3) is 5.36. The minimum atomic E-state index is -0.664. The van der Waals surface area contributed by atoms with Crippen molar-refractivity contribution in [2.75, 3.05) is 39.4 Å². The zero-order valence-corrected chi connectivity index (χ0v) is 19.2. The quantitative estimate of drug-likeness (QED) is 0.508. The summed E-state index contributed by atoms with van der Waals surface area (Å²) in [6, 6.07) is 0. The molecule has 1 saturated carbocycles. The van der Waals surface area contributed by atoms with Crippen LogP contribution >= 0.6 is 11.3 Å². The number of aliphatic carboxylic acids is 1. The Balaban J connectivity index is 1.37. The van der Waals surface area contributed by atoms with Gasteiger partial charge in [0.05, 0.1) is 36.9 Å². The van der Waals surface area contributed by atoms with Crippen molar-refractivity contribution in [1.82, 2.24) is 15.2 Å². The van der Waals surface area contributed by atoms with E-state index >= 15 is 0 Å². The molecule has 1 saturated heterocycles. The second-order valence-electron chi connectivity index (χ2n) is 8.51. The highest BCUT2D eigenvalue weighted by Gasteiger charge is 2.49. The van der Waals surface area contributed by atoms with Crippen molar-refractivity contribution < 1.29 is 24.2 Å². The Morgan fingerprint density at radius 2 is 2.28 bits per heavy atom. The summed E-state index contributed by atoms with van der Waals surface area (Å²) in [7, 11) is 0. The van der Waals surface area contributed by atoms with Gasteiger partial charge in [0.2, 0.25) is 0 Å². The second kappa shape index (κ2) is 10.1. The number of hydrogen-bond donors (Lipinski definition) is 2. The molecule has 0 bridgehead atoms. The van der Waals surface area contributed by atoms with Gasteiger partial charge in [-0.25, -0.2) is 9.78 Å². The molecule has 2 fully saturated rings. The van der Waals surface area contributed by atoms with Gasteiger partial charge in [-0.2, -0.15) is 0 Å². The van der Waals surface area contributed by atoms with Gasteiger partial charge in [-0.3, -0.25) is 14.7 Å². The maximum atomic E-state index is 12.5. The predicted octanol–water partition coefficient (Wildman–Crippen LogP) is 2.05. The van der Waals surface area contributed by atoms with Crippen molar-refractivity contribution in [3.8, 4) is 0 Å². The maximum Gasteiger partial charge on any atom is 0.337 e. The minimum Gasteiger partial charge on any atom is -0.481 e. The number of amidine groups is 1. The van der Waals surface area contributed by atoms with Gasteiger partial charge < -0.3 is 19.9 Å². The Morgan fingerprint density at radius 3 is 2.97 bits per heavy atom. The molecular weight excluding hydrogens is 432 g/mol. The van der Waals surface area contributed by atoms with E-state index in [2.05, 4.69) is 20.2 Å². The van der Waals surface area contributed by atoms with Crippen LogP contribution in [0.25, 0.3) is 0 Å². The van der Waals surface area contributed by atoms with Gasteiger partial charge in [-0.1, -0.05) is 0 Å². The minimum absolute atomic E-state index is 0.0654. The fourth-order valence-electron chi connectivity index (χ4n) is 4.23. The number of carbonyl (C=O) groups is 2. The van der Waals surface area contributed by atoms with Gasteiger partial charge in [0, 0.05) is 36.9 Å². The molecule has 1 aromatic rings. The number of morpholine rings is 1. The smallest absolute Gasteiger partial charge is 0.337 e. The van der Waals surface area contributed by atoms with Crippen molar-refractivity contribution in [1.29, 1.82) is 0 Å². The van der Waals surface area contributed by atoms with Crippen LogP contribution in [0.5, 0.6) is 0 Å². The van der Waals surface area contributed by atoms with Gasteiger partial charge in [0.1, 0.15) is 0 Å². The van der Waals surface area contributed by atoms with Crippen LogP contribution in [0.15, 0.2) is 27.8 Å². The molecule has 32 heavy (non-hydrogen) atoms. The maximum absolute atomic E-state index is 12.5. The average molecular weight is 463 g/mol. The van der Waals surface area contributed by atoms with E-state index in [1.54, 1.807) is 13.1 Å². The molecule has 0 amide bonds. The van der Waals surface area contributed by atoms with Crippen LogP contribution in [0.2, 0.25) is 0 Å². The zero-order chi connectivity index (χ0) is 22.6. The highest BCUT2D eigenvalue weighted by Crippen LogP contribution is 2.50. The summed E-state index contributed by atoms with van der Waals surface area (Å²) in [5.41, 5.74) is 0.866. The molecule has 1 atom stereocenters. The Kier molecular flexibility index (Phi) is 7.22. The predicted molar refractivity (Wildman–Crippen MR) is 120 cm³/mol. The molecule has 2 N–H and O–H groups in total. The summed E-state index contributed by atoms with van der Waals surface area (Å²) in [6.45, 7) is 5.06. The lowest BCUT2D eigenvalue weighted by molar-refractivity contribution is -0.143. The van der Waals surface area contributed by atoms with Crippen LogP contribution < -0.4 is 5.32 Å². The highest BCUT2D eigenvalue weighted by atomic mass is 32.1. The van der Waals surface area contributed by atoms with Crippen LogP contribution in [-0.4, -0.2) is 78.3 Å². The van der Waals surface area contributed by atoms with E-state index in [-0.39, 0.29) is 18.6 Å². The number of thiazole rings is 1. The van der Waals surface area contributed by atoms with E-state index in [1.807, 2.05) is 5.38 Å². The van der Waals surface area contributed by atoms with Crippen molar-refractivity contribution in [3.05, 3.63) is 27.9 Å². The molecule has 3 heterocycles. The summed E-state index contributed by atoms with van der Waals surface area (Å²) in [4.78, 5) is 35.0. The summed E-state index contributed by atoms with van der Waals surface area (Å²) in [5.74, 6) is -0.329. The molecule has 2 aliphatic heterocycles. The number of aliphatic imine (C=N–C) groups is 1. The van der Waals surface area contributed by atoms with Gasteiger partial charge >= 0.3 is 11.9 Å². The number of nitrogens with zero attached hydrogens (tertiary/aromatic N) is 3. The fourth-order valence-corrected chi connectivity index (χ4v) is 4.83. The van der Waals surface area contributed by atoms with Crippen molar-refractivity contribution in [2.24, 2.45) is 10.4 Å². The zero-order valence-electron chi connectivity index (χ0n) is 18.3. The first-order chi connectivity index (χ1) is 15.5. The molecule has 1 aliphatic carbocycles. The van der Waals surface area contributed by atoms with Crippen molar-refractivity contribution in [3.63, 3.8) is 0 Å². The third-order valence-electron chi connectivity index (χ3n) is 6.28. The molecule has 0 radical (unpaired) electrons. The van der Waals surface area contributed by atoms with Crippen LogP contribution in [0.3, 0.4) is 0 Å². The fraction of sp³-hybridized carbons (Fsp3) is 0.636. The molecule has 0 spiro atoms. The first-order valence-corrected chi connectivity index (χ1v) is 12.1. The van der Waals surface area contributed by atoms with Crippen molar-refractivity contribution >= 4 is 29.1 Å². The van der Waals surface area contributed by atoms with E-state index in [0.29, 0.717) is 31.2 Å². The van der Waals surface area contributed by atoms with Gasteiger partial charge in [-0.05, 0) is 39.0 Å². The van der Waals surface area contributed by atoms with Gasteiger partial charge in [0.25, 0.3) is 0 Å². The van der Waals surface area contributed by atoms with Gasteiger partial charge in [-0.15, -0.1) is 11.3 Å². The number of rotatable bonds is 10. The monoisotopic (exact) mass is 462 g/mol. The molecule has 9 nitrogen and oxygen atoms in total. The lowest BCUT2D eigenvalue weighted by Crippen LogP contribution is -2.46. The number of carboxylic acids is 1. The number of hydrogen-bond acceptors (Lipinski definition) is 9. The molecule has 1 aromatic heterocycles. The number of carbonyl (C=O) groups excluding carboxylic acids is 1. The molecule has 10 heteroatoms. The van der Waals surface area contributed by atoms with E-state index in [4.69, 9.17) is 9.47 Å². The molecule has 0 aromatic carbocycles. The summed E-state index contributed by atoms with van der Waals surface area (Å²) in [5, 5.41) is 15.4. The highest BCUT2D eigenvalue weighted by molar-refractivity contribution is 7.11. The topological polar surface area (TPSA) is 113 Å². The number of carboxylic acid groups (broad SMARTS) is 1. The van der Waals surface area contributed by atoms with Crippen LogP contribution in [0.4, 0.5) is 0 Å². The third-order valence-corrected chi connectivity index (χ3v) is 7.06. The second-order valence-corrected chi connectivity index (χ2v) is 9.40. The first kappa shape index (κ1) is 22.9. The van der Waals surface area contributed by atoms with Crippen LogP contribution in [0.1, 0.15) is 44.0 Å². The number of ether oxygens (including phenoxy) is 2. The molecular formula is C22H30N4O5S. The summed E-state index contributed by atoms with van der Waals surface area (Å²) < 4.78 is 11.2. The lowest BCUT2D eigenvalue weighted by atomic mass is 9.97. The Morgan fingerprint density at radius 1 is 1.44 bits per heavy atom. The Bertz CT molecular complexity index is 894. The number of esters is 1. The molecule has 0 unspecified atom stereocenters.